The Labute approximate surface area is 74.0 Å². The summed E-state index contributed by atoms with van der Waals surface area (Å²) in [5, 5.41) is 44.2. The molecule has 0 amide bonds. The molecule has 0 saturated carbocycles. The minimum absolute atomic E-state index is 0.0490. The van der Waals surface area contributed by atoms with Crippen LogP contribution >= 0.6 is 0 Å². The van der Waals surface area contributed by atoms with E-state index in [4.69, 9.17) is 31.3 Å². The van der Waals surface area contributed by atoms with Crippen molar-refractivity contribution in [2.45, 2.75) is 24.0 Å². The molecule has 0 bridgehead atoms. The number of carbonyl (C=O) groups is 1. The molecule has 3 unspecified atom stereocenters. The highest BCUT2D eigenvalue weighted by Gasteiger charge is 2.42. The molecule has 7 nitrogen and oxygen atoms in total. The van der Waals surface area contributed by atoms with Crippen molar-refractivity contribution >= 4 is 6.29 Å². The summed E-state index contributed by atoms with van der Waals surface area (Å²) < 4.78 is 0. The van der Waals surface area contributed by atoms with Crippen molar-refractivity contribution in [1.29, 1.82) is 0 Å². The highest BCUT2D eigenvalue weighted by atomic mass is 16.4. The van der Waals surface area contributed by atoms with Crippen molar-refractivity contribution in [3.63, 3.8) is 0 Å². The van der Waals surface area contributed by atoms with Gasteiger partial charge < -0.3 is 30.3 Å². The van der Waals surface area contributed by atoms with Crippen LogP contribution in [0.15, 0.2) is 0 Å². The Morgan fingerprint density at radius 3 is 2.15 bits per heavy atom. The van der Waals surface area contributed by atoms with Crippen LogP contribution in [0.25, 0.3) is 0 Å². The summed E-state index contributed by atoms with van der Waals surface area (Å²) in [6.07, 6.45) is -5.88. The van der Waals surface area contributed by atoms with Gasteiger partial charge in [0.15, 0.2) is 12.0 Å². The van der Waals surface area contributed by atoms with Gasteiger partial charge in [0.05, 0.1) is 6.61 Å². The third kappa shape index (κ3) is 2.69. The highest BCUT2D eigenvalue weighted by molar-refractivity contribution is 5.57. The lowest BCUT2D eigenvalue weighted by Gasteiger charge is -2.33. The predicted molar refractivity (Wildman–Crippen MR) is 40.3 cm³/mol. The molecule has 0 fully saturated rings. The van der Waals surface area contributed by atoms with Crippen LogP contribution < -0.4 is 5.73 Å². The standard InChI is InChI=1S/C6H13NO6/c7-6(13,4(11)2-9)5(12)3(10)1-8/h1,3-5,9-13H,2,7H2/t3?,4?,5?,6-/m1/s1. The summed E-state index contributed by atoms with van der Waals surface area (Å²) in [6.45, 7) is -0.907. The van der Waals surface area contributed by atoms with Gasteiger partial charge in [0.25, 0.3) is 0 Å². The predicted octanol–water partition coefficient (Wildman–Crippen LogP) is -4.09. The van der Waals surface area contributed by atoms with Crippen molar-refractivity contribution in [2.75, 3.05) is 6.61 Å². The summed E-state index contributed by atoms with van der Waals surface area (Å²) in [5.41, 5.74) is 2.34. The second-order valence-electron chi connectivity index (χ2n) is 2.66. The zero-order valence-corrected chi connectivity index (χ0v) is 6.74. The molecule has 0 heterocycles. The van der Waals surface area contributed by atoms with E-state index in [9.17, 15) is 4.79 Å². The first-order chi connectivity index (χ1) is 5.87. The summed E-state index contributed by atoms with van der Waals surface area (Å²) in [6, 6.07) is 0. The van der Waals surface area contributed by atoms with E-state index in [-0.39, 0.29) is 6.29 Å². The molecule has 0 radical (unpaired) electrons. The van der Waals surface area contributed by atoms with Crippen LogP contribution in [0.1, 0.15) is 0 Å². The maximum Gasteiger partial charge on any atom is 0.171 e. The van der Waals surface area contributed by atoms with Crippen LogP contribution in [0.5, 0.6) is 0 Å². The second kappa shape index (κ2) is 4.61. The number of carbonyl (C=O) groups excluding carboxylic acids is 1. The number of aliphatic hydroxyl groups excluding tert-OH is 4. The lowest BCUT2D eigenvalue weighted by molar-refractivity contribution is -0.181. The fourth-order valence-electron chi connectivity index (χ4n) is 0.691. The zero-order chi connectivity index (χ0) is 10.6. The Bertz CT molecular complexity index is 173. The minimum Gasteiger partial charge on any atom is -0.394 e. The molecule has 4 atom stereocenters. The van der Waals surface area contributed by atoms with E-state index in [2.05, 4.69) is 0 Å². The van der Waals surface area contributed by atoms with E-state index in [0.717, 1.165) is 0 Å². The minimum atomic E-state index is -2.63. The quantitative estimate of drug-likeness (QED) is 0.193. The first-order valence-corrected chi connectivity index (χ1v) is 3.49. The number of nitrogens with two attached hydrogens (primary N) is 1. The molecule has 0 aromatic heterocycles. The number of rotatable bonds is 5. The average molecular weight is 195 g/mol. The Kier molecular flexibility index (Phi) is 4.40. The first-order valence-electron chi connectivity index (χ1n) is 3.49. The normalized spacial score (nSPS) is 22.9. The molecule has 0 rings (SSSR count). The number of aldehydes is 1. The summed E-state index contributed by atoms with van der Waals surface area (Å²) >= 11 is 0. The van der Waals surface area contributed by atoms with Crippen LogP contribution in [0.2, 0.25) is 0 Å². The highest BCUT2D eigenvalue weighted by Crippen LogP contribution is 2.11. The third-order valence-corrected chi connectivity index (χ3v) is 1.64. The van der Waals surface area contributed by atoms with Gasteiger partial charge >= 0.3 is 0 Å². The molecule has 0 aromatic rings. The van der Waals surface area contributed by atoms with E-state index in [1.807, 2.05) is 0 Å². The van der Waals surface area contributed by atoms with Crippen LogP contribution in [-0.4, -0.2) is 62.5 Å². The average Bonchev–Trinajstić information content (AvgIpc) is 2.13. The fourth-order valence-corrected chi connectivity index (χ4v) is 0.691. The molecule has 7 heteroatoms. The molecule has 7 N–H and O–H groups in total. The smallest absolute Gasteiger partial charge is 0.171 e. The van der Waals surface area contributed by atoms with E-state index >= 15 is 0 Å². The van der Waals surface area contributed by atoms with Gasteiger partial charge in [-0.25, -0.2) is 0 Å². The van der Waals surface area contributed by atoms with Crippen LogP contribution in [0, 0.1) is 0 Å². The fraction of sp³-hybridized carbons (Fsp3) is 0.833. The monoisotopic (exact) mass is 195 g/mol. The number of aliphatic hydroxyl groups is 5. The van der Waals surface area contributed by atoms with Gasteiger partial charge in [0.1, 0.15) is 18.3 Å². The topological polar surface area (TPSA) is 144 Å². The van der Waals surface area contributed by atoms with E-state index in [1.165, 1.54) is 0 Å². The molecule has 0 saturated heterocycles. The Balaban J connectivity index is 4.51. The van der Waals surface area contributed by atoms with Gasteiger partial charge in [-0.15, -0.1) is 0 Å². The van der Waals surface area contributed by atoms with Crippen molar-refractivity contribution in [3.05, 3.63) is 0 Å². The molecular weight excluding hydrogens is 182 g/mol. The zero-order valence-electron chi connectivity index (χ0n) is 6.74. The third-order valence-electron chi connectivity index (χ3n) is 1.64. The number of hydrogen-bond donors (Lipinski definition) is 6. The van der Waals surface area contributed by atoms with Gasteiger partial charge in [-0.1, -0.05) is 0 Å². The van der Waals surface area contributed by atoms with E-state index in [0.29, 0.717) is 0 Å². The van der Waals surface area contributed by atoms with Crippen LogP contribution in [0.3, 0.4) is 0 Å². The Morgan fingerprint density at radius 2 is 1.85 bits per heavy atom. The lowest BCUT2D eigenvalue weighted by atomic mass is 9.97. The second-order valence-corrected chi connectivity index (χ2v) is 2.66. The van der Waals surface area contributed by atoms with Gasteiger partial charge in [-0.3, -0.25) is 5.73 Å². The van der Waals surface area contributed by atoms with Crippen LogP contribution in [0.4, 0.5) is 0 Å². The van der Waals surface area contributed by atoms with Gasteiger partial charge in [0.2, 0.25) is 0 Å². The summed E-state index contributed by atoms with van der Waals surface area (Å²) in [7, 11) is 0. The van der Waals surface area contributed by atoms with Gasteiger partial charge in [-0.05, 0) is 0 Å². The number of hydrogen-bond acceptors (Lipinski definition) is 7. The SMILES string of the molecule is N[C@@](O)(C(O)CO)C(O)C(O)C=O. The molecule has 0 aromatic carbocycles. The van der Waals surface area contributed by atoms with Crippen LogP contribution in [-0.2, 0) is 4.79 Å². The van der Waals surface area contributed by atoms with Gasteiger partial charge in [0, 0.05) is 0 Å². The Morgan fingerprint density at radius 1 is 1.38 bits per heavy atom. The van der Waals surface area contributed by atoms with Gasteiger partial charge in [-0.2, -0.15) is 0 Å². The van der Waals surface area contributed by atoms with Crippen molar-refractivity contribution < 1.29 is 30.3 Å². The lowest BCUT2D eigenvalue weighted by Crippen LogP contribution is -2.64. The first kappa shape index (κ1) is 12.4. The molecule has 0 spiro atoms. The van der Waals surface area contributed by atoms with E-state index in [1.54, 1.807) is 0 Å². The van der Waals surface area contributed by atoms with E-state index < -0.39 is 30.6 Å². The summed E-state index contributed by atoms with van der Waals surface area (Å²) in [4.78, 5) is 9.98. The largest absolute Gasteiger partial charge is 0.394 e. The maximum absolute atomic E-state index is 9.98. The van der Waals surface area contributed by atoms with Crippen molar-refractivity contribution in [1.82, 2.24) is 0 Å². The summed E-state index contributed by atoms with van der Waals surface area (Å²) in [5.74, 6) is 0. The van der Waals surface area contributed by atoms with Crippen molar-refractivity contribution in [2.24, 2.45) is 5.73 Å². The molecule has 78 valence electrons. The maximum atomic E-state index is 9.98. The van der Waals surface area contributed by atoms with Crippen molar-refractivity contribution in [3.8, 4) is 0 Å². The molecular formula is C6H13NO6. The molecule has 0 aliphatic carbocycles. The molecule has 0 aliphatic rings. The Hall–Kier alpha value is -0.570. The molecule has 13 heavy (non-hydrogen) atoms. The molecule has 0 aliphatic heterocycles.